The number of carboxylic acid groups (broad SMARTS) is 1. The molecule has 2 aromatic rings. The Bertz CT molecular complexity index is 576. The molecule has 0 bridgehead atoms. The Balaban J connectivity index is 2.30. The first-order chi connectivity index (χ1) is 9.20. The van der Waals surface area contributed by atoms with Crippen molar-refractivity contribution >= 4 is 5.97 Å². The highest BCUT2D eigenvalue weighted by molar-refractivity contribution is 5.70. The normalized spacial score (nSPS) is 10.4. The van der Waals surface area contributed by atoms with Gasteiger partial charge in [-0.25, -0.2) is 0 Å². The van der Waals surface area contributed by atoms with E-state index >= 15 is 0 Å². The largest absolute Gasteiger partial charge is 0.481 e. The van der Waals surface area contributed by atoms with Crippen LogP contribution >= 0.6 is 0 Å². The molecule has 0 saturated heterocycles. The molecule has 2 N–H and O–H groups in total. The van der Waals surface area contributed by atoms with E-state index in [4.69, 9.17) is 5.11 Å². The molecule has 0 aliphatic heterocycles. The molecule has 0 fully saturated rings. The number of hydrogen-bond donors (Lipinski definition) is 2. The predicted molar refractivity (Wildman–Crippen MR) is 73.0 cm³/mol. The topological polar surface area (TPSA) is 57.5 Å². The van der Waals surface area contributed by atoms with Gasteiger partial charge in [0.25, 0.3) is 0 Å². The summed E-state index contributed by atoms with van der Waals surface area (Å²) < 4.78 is 0. The minimum Gasteiger partial charge on any atom is -0.481 e. The zero-order valence-electron chi connectivity index (χ0n) is 10.5. The van der Waals surface area contributed by atoms with Crippen LogP contribution in [0.25, 0.3) is 0 Å². The molecule has 0 saturated carbocycles. The highest BCUT2D eigenvalue weighted by Crippen LogP contribution is 2.18. The molecule has 2 rings (SSSR count). The van der Waals surface area contributed by atoms with Crippen molar-refractivity contribution in [2.75, 3.05) is 0 Å². The molecule has 98 valence electrons. The molecule has 0 atom stereocenters. The second-order valence-corrected chi connectivity index (χ2v) is 4.44. The third-order valence-electron chi connectivity index (χ3n) is 3.13. The molecule has 2 aromatic carbocycles. The summed E-state index contributed by atoms with van der Waals surface area (Å²) in [6.07, 6.45) is 0.664. The molecule has 0 unspecified atom stereocenters. The Morgan fingerprint density at radius 2 is 1.32 bits per heavy atom. The number of carboxylic acids is 1. The van der Waals surface area contributed by atoms with Crippen LogP contribution in [0.3, 0.4) is 0 Å². The van der Waals surface area contributed by atoms with Gasteiger partial charge < -0.3 is 10.2 Å². The van der Waals surface area contributed by atoms with E-state index in [9.17, 15) is 9.90 Å². The molecule has 0 amide bonds. The quantitative estimate of drug-likeness (QED) is 0.863. The maximum absolute atomic E-state index is 10.9. The fourth-order valence-corrected chi connectivity index (χ4v) is 2.15. The molecule has 3 heteroatoms. The number of hydrogen-bond acceptors (Lipinski definition) is 2. The second-order valence-electron chi connectivity index (χ2n) is 4.44. The van der Waals surface area contributed by atoms with Gasteiger partial charge in [-0.05, 0) is 28.7 Å². The van der Waals surface area contributed by atoms with E-state index in [0.717, 1.165) is 22.3 Å². The SMILES string of the molecule is O=C(O)Cc1ccccc1Cc1ccccc1CO. The van der Waals surface area contributed by atoms with Crippen molar-refractivity contribution in [3.05, 3.63) is 70.8 Å². The Morgan fingerprint density at radius 3 is 1.84 bits per heavy atom. The van der Waals surface area contributed by atoms with Gasteiger partial charge in [0.1, 0.15) is 0 Å². The van der Waals surface area contributed by atoms with Gasteiger partial charge in [0, 0.05) is 0 Å². The van der Waals surface area contributed by atoms with Crippen LogP contribution < -0.4 is 0 Å². The molecule has 0 heterocycles. The van der Waals surface area contributed by atoms with Crippen LogP contribution in [0, 0.1) is 0 Å². The summed E-state index contributed by atoms with van der Waals surface area (Å²) in [5.74, 6) is -0.831. The lowest BCUT2D eigenvalue weighted by Crippen LogP contribution is -2.05. The lowest BCUT2D eigenvalue weighted by atomic mass is 9.95. The van der Waals surface area contributed by atoms with E-state index in [0.29, 0.717) is 6.42 Å². The van der Waals surface area contributed by atoms with Crippen LogP contribution in [-0.2, 0) is 24.2 Å². The Morgan fingerprint density at radius 1 is 0.842 bits per heavy atom. The first-order valence-electron chi connectivity index (χ1n) is 6.17. The predicted octanol–water partition coefficient (Wildman–Crippen LogP) is 2.40. The number of benzene rings is 2. The van der Waals surface area contributed by atoms with E-state index in [1.165, 1.54) is 0 Å². The fraction of sp³-hybridized carbons (Fsp3) is 0.188. The van der Waals surface area contributed by atoms with Gasteiger partial charge in [0.15, 0.2) is 0 Å². The molecular weight excluding hydrogens is 240 g/mol. The molecule has 19 heavy (non-hydrogen) atoms. The van der Waals surface area contributed by atoms with Crippen molar-refractivity contribution in [1.82, 2.24) is 0 Å². The van der Waals surface area contributed by atoms with E-state index in [2.05, 4.69) is 0 Å². The third-order valence-corrected chi connectivity index (χ3v) is 3.13. The van der Waals surface area contributed by atoms with Crippen molar-refractivity contribution in [2.24, 2.45) is 0 Å². The number of aliphatic hydroxyl groups excluding tert-OH is 1. The van der Waals surface area contributed by atoms with Crippen molar-refractivity contribution in [3.63, 3.8) is 0 Å². The second kappa shape index (κ2) is 6.16. The zero-order valence-corrected chi connectivity index (χ0v) is 10.5. The van der Waals surface area contributed by atoms with Crippen LogP contribution in [0.1, 0.15) is 22.3 Å². The fourth-order valence-electron chi connectivity index (χ4n) is 2.15. The Hall–Kier alpha value is -2.13. The van der Waals surface area contributed by atoms with Gasteiger partial charge in [0.2, 0.25) is 0 Å². The summed E-state index contributed by atoms with van der Waals surface area (Å²) >= 11 is 0. The Labute approximate surface area is 112 Å². The molecule has 0 spiro atoms. The maximum atomic E-state index is 10.9. The number of rotatable bonds is 5. The maximum Gasteiger partial charge on any atom is 0.307 e. The van der Waals surface area contributed by atoms with Gasteiger partial charge in [-0.2, -0.15) is 0 Å². The van der Waals surface area contributed by atoms with E-state index in [1.807, 2.05) is 48.5 Å². The average molecular weight is 256 g/mol. The molecule has 0 aliphatic carbocycles. The van der Waals surface area contributed by atoms with Gasteiger partial charge in [-0.3, -0.25) is 4.79 Å². The minimum absolute atomic E-state index is 0.00271. The van der Waals surface area contributed by atoms with Crippen LogP contribution in [0.4, 0.5) is 0 Å². The molecule has 0 radical (unpaired) electrons. The van der Waals surface area contributed by atoms with Crippen LogP contribution in [0.15, 0.2) is 48.5 Å². The van der Waals surface area contributed by atoms with Crippen LogP contribution in [0.5, 0.6) is 0 Å². The molecule has 0 aromatic heterocycles. The highest BCUT2D eigenvalue weighted by atomic mass is 16.4. The van der Waals surface area contributed by atoms with Crippen LogP contribution in [0.2, 0.25) is 0 Å². The monoisotopic (exact) mass is 256 g/mol. The van der Waals surface area contributed by atoms with Gasteiger partial charge in [0.05, 0.1) is 13.0 Å². The summed E-state index contributed by atoms with van der Waals surface area (Å²) in [5.41, 5.74) is 3.73. The summed E-state index contributed by atoms with van der Waals surface area (Å²) in [5, 5.41) is 18.2. The van der Waals surface area contributed by atoms with Crippen LogP contribution in [-0.4, -0.2) is 16.2 Å². The van der Waals surface area contributed by atoms with Crippen molar-refractivity contribution in [1.29, 1.82) is 0 Å². The van der Waals surface area contributed by atoms with E-state index in [1.54, 1.807) is 0 Å². The average Bonchev–Trinajstić information content (AvgIpc) is 2.41. The van der Waals surface area contributed by atoms with Gasteiger partial charge >= 0.3 is 5.97 Å². The van der Waals surface area contributed by atoms with Crippen molar-refractivity contribution < 1.29 is 15.0 Å². The molecule has 0 aliphatic rings. The number of aliphatic hydroxyl groups is 1. The summed E-state index contributed by atoms with van der Waals surface area (Å²) in [6.45, 7) is -0.00271. The highest BCUT2D eigenvalue weighted by Gasteiger charge is 2.08. The molecular formula is C16H16O3. The summed E-state index contributed by atoms with van der Waals surface area (Å²) in [6, 6.07) is 15.2. The van der Waals surface area contributed by atoms with Gasteiger partial charge in [-0.1, -0.05) is 48.5 Å². The smallest absolute Gasteiger partial charge is 0.307 e. The first-order valence-corrected chi connectivity index (χ1v) is 6.17. The molecule has 3 nitrogen and oxygen atoms in total. The lowest BCUT2D eigenvalue weighted by Gasteiger charge is -2.10. The van der Waals surface area contributed by atoms with Gasteiger partial charge in [-0.15, -0.1) is 0 Å². The third kappa shape index (κ3) is 3.42. The van der Waals surface area contributed by atoms with Crippen molar-refractivity contribution in [2.45, 2.75) is 19.4 Å². The summed E-state index contributed by atoms with van der Waals surface area (Å²) in [4.78, 5) is 10.9. The van der Waals surface area contributed by atoms with E-state index < -0.39 is 5.97 Å². The minimum atomic E-state index is -0.831. The van der Waals surface area contributed by atoms with E-state index in [-0.39, 0.29) is 13.0 Å². The Kier molecular flexibility index (Phi) is 4.31. The zero-order chi connectivity index (χ0) is 13.7. The summed E-state index contributed by atoms with van der Waals surface area (Å²) in [7, 11) is 0. The lowest BCUT2D eigenvalue weighted by molar-refractivity contribution is -0.136. The number of carbonyl (C=O) groups is 1. The number of aliphatic carboxylic acids is 1. The standard InChI is InChI=1S/C16H16O3/c17-11-15-8-4-3-6-13(15)9-12-5-1-2-7-14(12)10-16(18)19/h1-8,17H,9-11H2,(H,18,19). The van der Waals surface area contributed by atoms with Crippen molar-refractivity contribution in [3.8, 4) is 0 Å². The first kappa shape index (κ1) is 13.3.